The maximum absolute atomic E-state index is 12.7. The molecular formula is C19H22ClNO4. The van der Waals surface area contributed by atoms with Gasteiger partial charge in [0, 0.05) is 31.1 Å². The fourth-order valence-electron chi connectivity index (χ4n) is 6.02. The summed E-state index contributed by atoms with van der Waals surface area (Å²) in [6.07, 6.45) is 3.54. The number of ketones is 1. The van der Waals surface area contributed by atoms with Crippen LogP contribution in [-0.4, -0.2) is 51.7 Å². The maximum atomic E-state index is 12.7. The second kappa shape index (κ2) is 4.70. The number of ether oxygens (including phenoxy) is 1. The van der Waals surface area contributed by atoms with E-state index >= 15 is 0 Å². The first-order chi connectivity index (χ1) is 11.5. The average Bonchev–Trinajstić information content (AvgIpc) is 3.27. The largest absolute Gasteiger partial charge is 0.504 e. The molecule has 0 amide bonds. The van der Waals surface area contributed by atoms with E-state index in [1.807, 2.05) is 6.07 Å². The summed E-state index contributed by atoms with van der Waals surface area (Å²) in [5.74, 6) is 1.33. The number of phenolic OH excluding ortho intramolecular Hbond substituents is 1. The molecule has 2 heterocycles. The van der Waals surface area contributed by atoms with Gasteiger partial charge in [-0.1, -0.05) is 6.07 Å². The van der Waals surface area contributed by atoms with Gasteiger partial charge in [0.25, 0.3) is 0 Å². The van der Waals surface area contributed by atoms with E-state index in [-0.39, 0.29) is 30.0 Å². The Balaban J connectivity index is 0.00000140. The molecule has 1 spiro atoms. The predicted molar refractivity (Wildman–Crippen MR) is 92.4 cm³/mol. The van der Waals surface area contributed by atoms with Crippen LogP contribution in [0.3, 0.4) is 0 Å². The molecule has 2 bridgehead atoms. The highest BCUT2D eigenvalue weighted by atomic mass is 35.5. The van der Waals surface area contributed by atoms with E-state index < -0.39 is 17.1 Å². The highest BCUT2D eigenvalue weighted by molar-refractivity contribution is 5.90. The van der Waals surface area contributed by atoms with E-state index in [9.17, 15) is 15.0 Å². The first-order valence-corrected chi connectivity index (χ1v) is 9.06. The molecule has 0 unspecified atom stereocenters. The molecule has 1 saturated heterocycles. The van der Waals surface area contributed by atoms with Gasteiger partial charge < -0.3 is 14.9 Å². The van der Waals surface area contributed by atoms with Crippen molar-refractivity contribution in [1.82, 2.24) is 4.90 Å². The van der Waals surface area contributed by atoms with Crippen LogP contribution in [0.4, 0.5) is 0 Å². The van der Waals surface area contributed by atoms with Gasteiger partial charge >= 0.3 is 0 Å². The Morgan fingerprint density at radius 3 is 2.88 bits per heavy atom. The minimum atomic E-state index is -0.924. The highest BCUT2D eigenvalue weighted by Gasteiger charge is 2.75. The van der Waals surface area contributed by atoms with Crippen molar-refractivity contribution in [3.63, 3.8) is 0 Å². The number of likely N-dealkylation sites (tertiary alicyclic amines) is 1. The Hall–Kier alpha value is -1.30. The van der Waals surface area contributed by atoms with Crippen LogP contribution in [0.25, 0.3) is 0 Å². The van der Waals surface area contributed by atoms with Gasteiger partial charge in [0.15, 0.2) is 23.4 Å². The zero-order chi connectivity index (χ0) is 16.3. The summed E-state index contributed by atoms with van der Waals surface area (Å²) >= 11 is 0. The van der Waals surface area contributed by atoms with E-state index in [0.29, 0.717) is 25.1 Å². The van der Waals surface area contributed by atoms with Gasteiger partial charge in [-0.05, 0) is 43.2 Å². The minimum absolute atomic E-state index is 0. The molecule has 3 aliphatic carbocycles. The van der Waals surface area contributed by atoms with Gasteiger partial charge in [-0.25, -0.2) is 0 Å². The second-order valence-electron chi connectivity index (χ2n) is 8.40. The van der Waals surface area contributed by atoms with Crippen molar-refractivity contribution in [1.29, 1.82) is 0 Å². The summed E-state index contributed by atoms with van der Waals surface area (Å²) in [7, 11) is 0. The molecule has 1 aromatic rings. The summed E-state index contributed by atoms with van der Waals surface area (Å²) in [6, 6.07) is 3.68. The third-order valence-corrected chi connectivity index (χ3v) is 7.22. The number of aromatic hydroxyl groups is 1. The lowest BCUT2D eigenvalue weighted by molar-refractivity contribution is -0.147. The fourth-order valence-corrected chi connectivity index (χ4v) is 6.02. The number of rotatable bonds is 2. The topological polar surface area (TPSA) is 70.0 Å². The molecule has 134 valence electrons. The lowest BCUT2D eigenvalue weighted by atomic mass is 9.54. The van der Waals surface area contributed by atoms with Crippen LogP contribution in [0.1, 0.15) is 36.8 Å². The molecule has 3 fully saturated rings. The number of phenols is 1. The molecule has 0 radical (unpaired) electrons. The third kappa shape index (κ3) is 1.65. The highest BCUT2D eigenvalue weighted by Crippen LogP contribution is 2.65. The molecule has 2 aliphatic heterocycles. The Morgan fingerprint density at radius 1 is 1.32 bits per heavy atom. The number of aliphatic hydroxyl groups is 1. The zero-order valence-electron chi connectivity index (χ0n) is 13.9. The molecule has 6 heteroatoms. The second-order valence-corrected chi connectivity index (χ2v) is 8.40. The quantitative estimate of drug-likeness (QED) is 0.834. The Labute approximate surface area is 152 Å². The number of benzene rings is 1. The van der Waals surface area contributed by atoms with Crippen molar-refractivity contribution in [3.8, 4) is 11.5 Å². The van der Waals surface area contributed by atoms with Crippen molar-refractivity contribution >= 4 is 18.2 Å². The normalized spacial score (nSPS) is 40.4. The Morgan fingerprint density at radius 2 is 2.12 bits per heavy atom. The minimum Gasteiger partial charge on any atom is -0.504 e. The molecular weight excluding hydrogens is 342 g/mol. The number of nitrogens with zero attached hydrogens (tertiary/aromatic N) is 1. The smallest absolute Gasteiger partial charge is 0.174 e. The van der Waals surface area contributed by atoms with E-state index in [1.54, 1.807) is 6.07 Å². The molecule has 6 rings (SSSR count). The van der Waals surface area contributed by atoms with E-state index in [0.717, 1.165) is 30.0 Å². The van der Waals surface area contributed by atoms with Gasteiger partial charge in [-0.15, -0.1) is 12.4 Å². The summed E-state index contributed by atoms with van der Waals surface area (Å²) in [5, 5.41) is 22.1. The van der Waals surface area contributed by atoms with E-state index in [4.69, 9.17) is 4.74 Å². The van der Waals surface area contributed by atoms with Gasteiger partial charge in [0.1, 0.15) is 0 Å². The molecule has 2 saturated carbocycles. The van der Waals surface area contributed by atoms with Crippen molar-refractivity contribution in [2.24, 2.45) is 5.92 Å². The maximum Gasteiger partial charge on any atom is 0.174 e. The van der Waals surface area contributed by atoms with Crippen molar-refractivity contribution in [2.45, 2.75) is 55.3 Å². The van der Waals surface area contributed by atoms with E-state index in [2.05, 4.69) is 4.90 Å². The van der Waals surface area contributed by atoms with Gasteiger partial charge in [0.2, 0.25) is 0 Å². The lowest BCUT2D eigenvalue weighted by Crippen LogP contribution is -2.66. The van der Waals surface area contributed by atoms with Crippen LogP contribution in [0.5, 0.6) is 11.5 Å². The van der Waals surface area contributed by atoms with Crippen LogP contribution in [0, 0.1) is 5.92 Å². The predicted octanol–water partition coefficient (Wildman–Crippen LogP) is 1.56. The van der Waals surface area contributed by atoms with Crippen molar-refractivity contribution < 1.29 is 19.7 Å². The molecule has 1 aromatic carbocycles. The number of carbonyl (C=O) groups excluding carboxylic acids is 1. The van der Waals surface area contributed by atoms with Crippen LogP contribution >= 0.6 is 12.4 Å². The fraction of sp³-hybridized carbons (Fsp3) is 0.632. The van der Waals surface area contributed by atoms with Gasteiger partial charge in [-0.3, -0.25) is 9.69 Å². The molecule has 25 heavy (non-hydrogen) atoms. The van der Waals surface area contributed by atoms with E-state index in [1.165, 1.54) is 12.8 Å². The Bertz CT molecular complexity index is 794. The van der Waals surface area contributed by atoms with Crippen molar-refractivity contribution in [2.75, 3.05) is 13.1 Å². The summed E-state index contributed by atoms with van der Waals surface area (Å²) in [5.41, 5.74) is 0.432. The standard InChI is InChI=1S/C19H21NO4.ClH/c21-12-4-3-11-7-14-19(23)6-5-13(22)17-18(19,15(11)16(12)24-17)9-20(14)8-10-1-2-10;/h3-4,10,14,17,21,23H,1-2,5-9H2;1H/t14-,17+,18+,19-;/m1./s1. The SMILES string of the molecule is Cl.O=C1CC[C@@]2(O)[C@H]3Cc4ccc(O)c5c4[C@@]2(CN3CC2CC2)[C@H]1O5. The van der Waals surface area contributed by atoms with Crippen molar-refractivity contribution in [3.05, 3.63) is 23.3 Å². The van der Waals surface area contributed by atoms with Crippen LogP contribution in [0.15, 0.2) is 12.1 Å². The van der Waals surface area contributed by atoms with Gasteiger partial charge in [-0.2, -0.15) is 0 Å². The molecule has 5 aliphatic rings. The summed E-state index contributed by atoms with van der Waals surface area (Å²) in [6.45, 7) is 1.68. The first-order valence-electron chi connectivity index (χ1n) is 9.06. The number of carbonyl (C=O) groups is 1. The molecule has 5 nitrogen and oxygen atoms in total. The lowest BCUT2D eigenvalue weighted by Gasteiger charge is -2.50. The van der Waals surface area contributed by atoms with Crippen LogP contribution < -0.4 is 4.74 Å². The third-order valence-electron chi connectivity index (χ3n) is 7.22. The number of halogens is 1. The zero-order valence-corrected chi connectivity index (χ0v) is 14.7. The number of Topliss-reactive ketones (excluding diaryl/α,β-unsaturated/α-hetero) is 1. The molecule has 4 atom stereocenters. The molecule has 0 aromatic heterocycles. The van der Waals surface area contributed by atoms with Crippen LogP contribution in [-0.2, 0) is 16.6 Å². The summed E-state index contributed by atoms with van der Waals surface area (Å²) in [4.78, 5) is 15.1. The molecule has 2 N–H and O–H groups in total. The number of hydrogen-bond donors (Lipinski definition) is 2. The number of hydrogen-bond acceptors (Lipinski definition) is 5. The van der Waals surface area contributed by atoms with Gasteiger partial charge in [0.05, 0.1) is 11.0 Å². The van der Waals surface area contributed by atoms with Crippen LogP contribution in [0.2, 0.25) is 0 Å². The average molecular weight is 364 g/mol. The first kappa shape index (κ1) is 15.9. The monoisotopic (exact) mass is 363 g/mol. The summed E-state index contributed by atoms with van der Waals surface area (Å²) < 4.78 is 6.01. The Kier molecular flexibility index (Phi) is 2.99.